The molecule has 3 heteroatoms. The zero-order valence-electron chi connectivity index (χ0n) is 11.3. The van der Waals surface area contributed by atoms with Crippen molar-refractivity contribution in [2.45, 2.75) is 45.8 Å². The molecule has 0 aromatic heterocycles. The molecule has 3 nitrogen and oxygen atoms in total. The van der Waals surface area contributed by atoms with Crippen LogP contribution in [0.3, 0.4) is 0 Å². The van der Waals surface area contributed by atoms with Crippen molar-refractivity contribution >= 4 is 0 Å². The van der Waals surface area contributed by atoms with Gasteiger partial charge in [0.25, 0.3) is 0 Å². The molecule has 1 fully saturated rings. The lowest BCUT2D eigenvalue weighted by Gasteiger charge is -2.21. The van der Waals surface area contributed by atoms with Gasteiger partial charge in [-0.2, -0.15) is 0 Å². The van der Waals surface area contributed by atoms with Gasteiger partial charge in [-0.25, -0.2) is 0 Å². The third kappa shape index (κ3) is 5.66. The fourth-order valence-electron chi connectivity index (χ4n) is 2.33. The summed E-state index contributed by atoms with van der Waals surface area (Å²) in [4.78, 5) is 0. The first-order valence-corrected chi connectivity index (χ1v) is 6.89. The predicted octanol–water partition coefficient (Wildman–Crippen LogP) is 2.72. The summed E-state index contributed by atoms with van der Waals surface area (Å²) in [6.07, 6.45) is 4.38. The summed E-state index contributed by atoms with van der Waals surface area (Å²) in [6.45, 7) is 11.9. The van der Waals surface area contributed by atoms with Crippen LogP contribution in [0.15, 0.2) is 12.2 Å². The molecule has 17 heavy (non-hydrogen) atoms. The molecule has 1 unspecified atom stereocenters. The molecule has 100 valence electrons. The van der Waals surface area contributed by atoms with Gasteiger partial charge in [0.15, 0.2) is 6.29 Å². The molecule has 1 aliphatic heterocycles. The maximum absolute atomic E-state index is 5.57. The molecule has 1 saturated heterocycles. The first-order valence-electron chi connectivity index (χ1n) is 6.89. The van der Waals surface area contributed by atoms with E-state index in [9.17, 15) is 0 Å². The quantitative estimate of drug-likeness (QED) is 0.549. The molecule has 0 aromatic rings. The molecule has 0 aliphatic carbocycles. The summed E-state index contributed by atoms with van der Waals surface area (Å²) in [5, 5.41) is 3.42. The minimum absolute atomic E-state index is 0.0333. The average Bonchev–Trinajstić information content (AvgIpc) is 2.52. The Morgan fingerprint density at radius 1 is 1.29 bits per heavy atom. The number of nitrogens with one attached hydrogen (secondary N) is 1. The van der Waals surface area contributed by atoms with Crippen molar-refractivity contribution in [1.29, 1.82) is 0 Å². The van der Waals surface area contributed by atoms with Crippen molar-refractivity contribution in [3.63, 3.8) is 0 Å². The second-order valence-electron chi connectivity index (χ2n) is 4.56. The molecule has 0 radical (unpaired) electrons. The molecular weight excluding hydrogens is 214 g/mol. The molecule has 0 aromatic carbocycles. The van der Waals surface area contributed by atoms with Gasteiger partial charge in [0.2, 0.25) is 0 Å². The van der Waals surface area contributed by atoms with Crippen molar-refractivity contribution in [1.82, 2.24) is 5.32 Å². The Bertz CT molecular complexity index is 212. The van der Waals surface area contributed by atoms with Crippen LogP contribution in [0.2, 0.25) is 0 Å². The monoisotopic (exact) mass is 241 g/mol. The highest BCUT2D eigenvalue weighted by atomic mass is 16.7. The van der Waals surface area contributed by atoms with Crippen LogP contribution in [0.5, 0.6) is 0 Å². The van der Waals surface area contributed by atoms with Crippen LogP contribution in [-0.2, 0) is 9.47 Å². The standard InChI is InChI=1S/C14H27NO2/c1-4-16-14(17-5-2)7-6-13-9-11-15-10-8-12(13)3/h13-15H,3-11H2,1-2H3. The molecular formula is C14H27NO2. The van der Waals surface area contributed by atoms with E-state index < -0.39 is 0 Å². The van der Waals surface area contributed by atoms with Crippen LogP contribution < -0.4 is 5.32 Å². The van der Waals surface area contributed by atoms with Gasteiger partial charge in [-0.15, -0.1) is 0 Å². The SMILES string of the molecule is C=C1CCNCCC1CCC(OCC)OCC. The zero-order valence-corrected chi connectivity index (χ0v) is 11.3. The molecule has 0 spiro atoms. The highest BCUT2D eigenvalue weighted by Gasteiger charge is 2.18. The normalized spacial score (nSPS) is 21.8. The smallest absolute Gasteiger partial charge is 0.157 e. The van der Waals surface area contributed by atoms with Crippen LogP contribution in [0.25, 0.3) is 0 Å². The zero-order chi connectivity index (χ0) is 12.5. The summed E-state index contributed by atoms with van der Waals surface area (Å²) in [5.74, 6) is 0.633. The molecule has 1 N–H and O–H groups in total. The Morgan fingerprint density at radius 2 is 2.00 bits per heavy atom. The van der Waals surface area contributed by atoms with Gasteiger partial charge in [0.05, 0.1) is 0 Å². The lowest BCUT2D eigenvalue weighted by Crippen LogP contribution is -2.19. The van der Waals surface area contributed by atoms with Gasteiger partial charge >= 0.3 is 0 Å². The van der Waals surface area contributed by atoms with Gasteiger partial charge in [-0.3, -0.25) is 0 Å². The van der Waals surface area contributed by atoms with Crippen LogP contribution in [0.4, 0.5) is 0 Å². The highest BCUT2D eigenvalue weighted by molar-refractivity contribution is 5.02. The maximum Gasteiger partial charge on any atom is 0.157 e. The Labute approximate surface area is 106 Å². The summed E-state index contributed by atoms with van der Waals surface area (Å²) in [7, 11) is 0. The van der Waals surface area contributed by atoms with E-state index in [0.29, 0.717) is 5.92 Å². The average molecular weight is 241 g/mol. The molecule has 1 rings (SSSR count). The predicted molar refractivity (Wildman–Crippen MR) is 71.0 cm³/mol. The van der Waals surface area contributed by atoms with Crippen molar-refractivity contribution < 1.29 is 9.47 Å². The van der Waals surface area contributed by atoms with E-state index >= 15 is 0 Å². The van der Waals surface area contributed by atoms with Gasteiger partial charge in [0.1, 0.15) is 0 Å². The fourth-order valence-corrected chi connectivity index (χ4v) is 2.33. The van der Waals surface area contributed by atoms with Crippen LogP contribution in [0.1, 0.15) is 39.5 Å². The van der Waals surface area contributed by atoms with E-state index in [2.05, 4.69) is 11.9 Å². The first kappa shape index (κ1) is 14.7. The third-order valence-corrected chi connectivity index (χ3v) is 3.33. The summed E-state index contributed by atoms with van der Waals surface area (Å²) in [6, 6.07) is 0. The van der Waals surface area contributed by atoms with E-state index in [1.165, 1.54) is 12.0 Å². The van der Waals surface area contributed by atoms with Crippen molar-refractivity contribution in [2.24, 2.45) is 5.92 Å². The second kappa shape index (κ2) is 8.67. The molecule has 0 bridgehead atoms. The number of rotatable bonds is 7. The summed E-state index contributed by atoms with van der Waals surface area (Å²) in [5.41, 5.74) is 1.39. The summed E-state index contributed by atoms with van der Waals surface area (Å²) < 4.78 is 11.1. The molecule has 1 aliphatic rings. The fraction of sp³-hybridized carbons (Fsp3) is 0.857. The van der Waals surface area contributed by atoms with Crippen LogP contribution in [-0.4, -0.2) is 32.6 Å². The first-order chi connectivity index (χ1) is 8.27. The van der Waals surface area contributed by atoms with E-state index in [4.69, 9.17) is 9.47 Å². The molecule has 1 atom stereocenters. The van der Waals surface area contributed by atoms with Crippen molar-refractivity contribution in [3.8, 4) is 0 Å². The van der Waals surface area contributed by atoms with Gasteiger partial charge < -0.3 is 14.8 Å². The highest BCUT2D eigenvalue weighted by Crippen LogP contribution is 2.25. The minimum Gasteiger partial charge on any atom is -0.353 e. The van der Waals surface area contributed by atoms with Crippen LogP contribution in [0, 0.1) is 5.92 Å². The van der Waals surface area contributed by atoms with Gasteiger partial charge in [-0.1, -0.05) is 12.2 Å². The van der Waals surface area contributed by atoms with Gasteiger partial charge in [0, 0.05) is 13.2 Å². The van der Waals surface area contributed by atoms with Crippen molar-refractivity contribution in [3.05, 3.63) is 12.2 Å². The minimum atomic E-state index is -0.0333. The molecule has 1 heterocycles. The van der Waals surface area contributed by atoms with E-state index in [0.717, 1.165) is 45.6 Å². The van der Waals surface area contributed by atoms with E-state index in [1.54, 1.807) is 0 Å². The lowest BCUT2D eigenvalue weighted by molar-refractivity contribution is -0.141. The molecule has 0 saturated carbocycles. The maximum atomic E-state index is 5.57. The largest absolute Gasteiger partial charge is 0.353 e. The Balaban J connectivity index is 2.32. The number of hydrogen-bond acceptors (Lipinski definition) is 3. The Kier molecular flexibility index (Phi) is 7.49. The Hall–Kier alpha value is -0.380. The number of ether oxygens (including phenoxy) is 2. The van der Waals surface area contributed by atoms with E-state index in [-0.39, 0.29) is 6.29 Å². The summed E-state index contributed by atoms with van der Waals surface area (Å²) >= 11 is 0. The lowest BCUT2D eigenvalue weighted by atomic mass is 9.91. The number of hydrogen-bond donors (Lipinski definition) is 1. The van der Waals surface area contributed by atoms with E-state index in [1.807, 2.05) is 13.8 Å². The Morgan fingerprint density at radius 3 is 2.65 bits per heavy atom. The van der Waals surface area contributed by atoms with Gasteiger partial charge in [-0.05, 0) is 58.5 Å². The third-order valence-electron chi connectivity index (χ3n) is 3.33. The van der Waals surface area contributed by atoms with Crippen LogP contribution >= 0.6 is 0 Å². The van der Waals surface area contributed by atoms with Crippen molar-refractivity contribution in [2.75, 3.05) is 26.3 Å². The second-order valence-corrected chi connectivity index (χ2v) is 4.56. The topological polar surface area (TPSA) is 30.5 Å². The molecule has 0 amide bonds.